The monoisotopic (exact) mass is 160 g/mol. The van der Waals surface area contributed by atoms with Gasteiger partial charge >= 0.3 is 5.97 Å². The predicted octanol–water partition coefficient (Wildman–Crippen LogP) is 1.28. The highest BCUT2D eigenvalue weighted by Gasteiger charge is 2.01. The Morgan fingerprint density at radius 1 is 1.90 bits per heavy atom. The number of carbonyl (C=O) groups is 1. The number of ether oxygens (including phenoxy) is 1. The second kappa shape index (κ2) is 5.35. The minimum atomic E-state index is -0.367. The Hall–Kier alpha value is -0.440. The lowest BCUT2D eigenvalue weighted by Crippen LogP contribution is -2.10. The van der Waals surface area contributed by atoms with Gasteiger partial charge in [-0.25, -0.2) is 4.79 Å². The standard InChI is InChI=1S/C7H12O2S/c1-3-7(8)9-4-6(2)5-10/h3,6,10H,1,4-5H2,2H3. The van der Waals surface area contributed by atoms with Gasteiger partial charge in [-0.3, -0.25) is 0 Å². The van der Waals surface area contributed by atoms with Crippen molar-refractivity contribution >= 4 is 18.6 Å². The van der Waals surface area contributed by atoms with Gasteiger partial charge in [-0.15, -0.1) is 0 Å². The summed E-state index contributed by atoms with van der Waals surface area (Å²) in [7, 11) is 0. The molecule has 0 aliphatic rings. The second-order valence-electron chi connectivity index (χ2n) is 2.12. The fraction of sp³-hybridized carbons (Fsp3) is 0.571. The molecule has 3 heteroatoms. The smallest absolute Gasteiger partial charge is 0.330 e. The summed E-state index contributed by atoms with van der Waals surface area (Å²) in [4.78, 5) is 10.5. The van der Waals surface area contributed by atoms with Crippen molar-refractivity contribution in [2.75, 3.05) is 12.4 Å². The molecule has 0 bridgehead atoms. The van der Waals surface area contributed by atoms with E-state index in [1.807, 2.05) is 6.92 Å². The zero-order valence-corrected chi connectivity index (χ0v) is 6.93. The lowest BCUT2D eigenvalue weighted by Gasteiger charge is -2.06. The Morgan fingerprint density at radius 2 is 2.50 bits per heavy atom. The van der Waals surface area contributed by atoms with E-state index in [-0.39, 0.29) is 5.97 Å². The highest BCUT2D eigenvalue weighted by atomic mass is 32.1. The van der Waals surface area contributed by atoms with Gasteiger partial charge < -0.3 is 4.74 Å². The topological polar surface area (TPSA) is 26.3 Å². The lowest BCUT2D eigenvalue weighted by atomic mass is 10.2. The summed E-state index contributed by atoms with van der Waals surface area (Å²) in [5.74, 6) is 0.672. The number of rotatable bonds is 4. The first-order chi connectivity index (χ1) is 4.70. The average Bonchev–Trinajstić information content (AvgIpc) is 1.99. The van der Waals surface area contributed by atoms with Gasteiger partial charge in [0.05, 0.1) is 6.61 Å². The zero-order chi connectivity index (χ0) is 7.98. The van der Waals surface area contributed by atoms with Gasteiger partial charge in [-0.2, -0.15) is 12.6 Å². The zero-order valence-electron chi connectivity index (χ0n) is 6.04. The van der Waals surface area contributed by atoms with Crippen molar-refractivity contribution in [2.24, 2.45) is 5.92 Å². The SMILES string of the molecule is C=CC(=O)OCC(C)CS. The van der Waals surface area contributed by atoms with Gasteiger partial charge in [0.15, 0.2) is 0 Å². The van der Waals surface area contributed by atoms with Crippen LogP contribution in [0.15, 0.2) is 12.7 Å². The molecule has 0 aliphatic carbocycles. The first-order valence-electron chi connectivity index (χ1n) is 3.10. The van der Waals surface area contributed by atoms with Crippen LogP contribution in [-0.4, -0.2) is 18.3 Å². The van der Waals surface area contributed by atoms with Gasteiger partial charge in [0.1, 0.15) is 0 Å². The predicted molar refractivity (Wildman–Crippen MR) is 44.2 cm³/mol. The van der Waals surface area contributed by atoms with E-state index in [4.69, 9.17) is 4.74 Å². The number of carbonyl (C=O) groups excluding carboxylic acids is 1. The maximum atomic E-state index is 10.5. The van der Waals surface area contributed by atoms with Crippen molar-refractivity contribution in [3.05, 3.63) is 12.7 Å². The van der Waals surface area contributed by atoms with Crippen molar-refractivity contribution in [2.45, 2.75) is 6.92 Å². The third kappa shape index (κ3) is 4.44. The van der Waals surface area contributed by atoms with E-state index in [2.05, 4.69) is 19.2 Å². The molecular weight excluding hydrogens is 148 g/mol. The molecule has 0 aliphatic heterocycles. The van der Waals surface area contributed by atoms with Crippen LogP contribution in [0.4, 0.5) is 0 Å². The highest BCUT2D eigenvalue weighted by molar-refractivity contribution is 7.80. The quantitative estimate of drug-likeness (QED) is 0.381. The Morgan fingerprint density at radius 3 is 2.90 bits per heavy atom. The Labute approximate surface area is 66.7 Å². The van der Waals surface area contributed by atoms with E-state index in [0.717, 1.165) is 11.8 Å². The van der Waals surface area contributed by atoms with Crippen molar-refractivity contribution in [3.63, 3.8) is 0 Å². The van der Waals surface area contributed by atoms with Crippen LogP contribution >= 0.6 is 12.6 Å². The van der Waals surface area contributed by atoms with Gasteiger partial charge in [0.2, 0.25) is 0 Å². The summed E-state index contributed by atoms with van der Waals surface area (Å²) in [6, 6.07) is 0. The summed E-state index contributed by atoms with van der Waals surface area (Å²) in [6.07, 6.45) is 1.16. The van der Waals surface area contributed by atoms with Crippen molar-refractivity contribution in [3.8, 4) is 0 Å². The third-order valence-electron chi connectivity index (χ3n) is 0.988. The molecule has 1 atom stereocenters. The number of esters is 1. The Balaban J connectivity index is 3.34. The molecule has 10 heavy (non-hydrogen) atoms. The van der Waals surface area contributed by atoms with Crippen LogP contribution in [0, 0.1) is 5.92 Å². The number of thiol groups is 1. The maximum Gasteiger partial charge on any atom is 0.330 e. The molecule has 1 unspecified atom stereocenters. The van der Waals surface area contributed by atoms with E-state index in [1.54, 1.807) is 0 Å². The largest absolute Gasteiger partial charge is 0.462 e. The maximum absolute atomic E-state index is 10.5. The van der Waals surface area contributed by atoms with Gasteiger partial charge in [-0.1, -0.05) is 13.5 Å². The van der Waals surface area contributed by atoms with Gasteiger partial charge in [-0.05, 0) is 11.7 Å². The van der Waals surface area contributed by atoms with Crippen LogP contribution in [0.3, 0.4) is 0 Å². The summed E-state index contributed by atoms with van der Waals surface area (Å²) in [5.41, 5.74) is 0. The molecule has 0 saturated heterocycles. The number of hydrogen-bond donors (Lipinski definition) is 1. The van der Waals surface area contributed by atoms with Crippen molar-refractivity contribution in [1.82, 2.24) is 0 Å². The molecule has 0 N–H and O–H groups in total. The number of hydrogen-bond acceptors (Lipinski definition) is 3. The van der Waals surface area contributed by atoms with Crippen LogP contribution < -0.4 is 0 Å². The fourth-order valence-electron chi connectivity index (χ4n) is 0.336. The van der Waals surface area contributed by atoms with E-state index in [1.165, 1.54) is 0 Å². The van der Waals surface area contributed by atoms with Crippen LogP contribution in [0.1, 0.15) is 6.92 Å². The first-order valence-corrected chi connectivity index (χ1v) is 3.74. The third-order valence-corrected chi connectivity index (χ3v) is 1.61. The van der Waals surface area contributed by atoms with Crippen LogP contribution in [0.2, 0.25) is 0 Å². The average molecular weight is 160 g/mol. The molecule has 0 amide bonds. The molecule has 0 rings (SSSR count). The second-order valence-corrected chi connectivity index (χ2v) is 2.49. The molecule has 0 fully saturated rings. The lowest BCUT2D eigenvalue weighted by molar-refractivity contribution is -0.138. The van der Waals surface area contributed by atoms with Crippen molar-refractivity contribution < 1.29 is 9.53 Å². The normalized spacial score (nSPS) is 12.2. The first kappa shape index (κ1) is 9.56. The van der Waals surface area contributed by atoms with E-state index >= 15 is 0 Å². The van der Waals surface area contributed by atoms with Crippen LogP contribution in [-0.2, 0) is 9.53 Å². The molecule has 0 saturated carbocycles. The molecule has 0 aromatic heterocycles. The molecule has 0 radical (unpaired) electrons. The van der Waals surface area contributed by atoms with Gasteiger partial charge in [0.25, 0.3) is 0 Å². The highest BCUT2D eigenvalue weighted by Crippen LogP contribution is 1.97. The Bertz CT molecular complexity index is 123. The molecule has 0 aromatic carbocycles. The molecule has 0 spiro atoms. The van der Waals surface area contributed by atoms with Gasteiger partial charge in [0, 0.05) is 6.08 Å². The molecule has 58 valence electrons. The minimum absolute atomic E-state index is 0.312. The van der Waals surface area contributed by atoms with Crippen molar-refractivity contribution in [1.29, 1.82) is 0 Å². The molecular formula is C7H12O2S. The fourth-order valence-corrected chi connectivity index (χ4v) is 0.441. The Kier molecular flexibility index (Phi) is 5.12. The molecule has 0 heterocycles. The van der Waals surface area contributed by atoms with E-state index in [9.17, 15) is 4.79 Å². The summed E-state index contributed by atoms with van der Waals surface area (Å²) < 4.78 is 4.74. The van der Waals surface area contributed by atoms with Crippen LogP contribution in [0.25, 0.3) is 0 Å². The van der Waals surface area contributed by atoms with Crippen LogP contribution in [0.5, 0.6) is 0 Å². The summed E-state index contributed by atoms with van der Waals surface area (Å²) in [6.45, 7) is 5.66. The van der Waals surface area contributed by atoms with E-state index in [0.29, 0.717) is 12.5 Å². The molecule has 2 nitrogen and oxygen atoms in total. The summed E-state index contributed by atoms with van der Waals surface area (Å²) >= 11 is 4.03. The minimum Gasteiger partial charge on any atom is -0.462 e. The molecule has 0 aromatic rings. The summed E-state index contributed by atoms with van der Waals surface area (Å²) in [5, 5.41) is 0. The van der Waals surface area contributed by atoms with E-state index < -0.39 is 0 Å².